The highest BCUT2D eigenvalue weighted by Gasteiger charge is 2.14. The van der Waals surface area contributed by atoms with Crippen molar-refractivity contribution in [2.45, 2.75) is 33.3 Å². The molecule has 19 heavy (non-hydrogen) atoms. The van der Waals surface area contributed by atoms with Crippen LogP contribution in [0.1, 0.15) is 32.3 Å². The molecular formula is C15H24N2O2. The van der Waals surface area contributed by atoms with E-state index in [4.69, 9.17) is 5.73 Å². The van der Waals surface area contributed by atoms with Gasteiger partial charge in [-0.25, -0.2) is 0 Å². The van der Waals surface area contributed by atoms with Crippen LogP contribution in [-0.4, -0.2) is 17.6 Å². The van der Waals surface area contributed by atoms with Crippen LogP contribution in [0, 0.1) is 11.8 Å². The Balaban J connectivity index is 2.59. The fourth-order valence-corrected chi connectivity index (χ4v) is 2.17. The first kappa shape index (κ1) is 15.7. The number of carbonyl (C=O) groups excluding carboxylic acids is 1. The maximum absolute atomic E-state index is 12.0. The van der Waals surface area contributed by atoms with Crippen molar-refractivity contribution in [2.75, 3.05) is 11.9 Å². The lowest BCUT2D eigenvalue weighted by molar-refractivity contribution is -0.117. The van der Waals surface area contributed by atoms with Crippen molar-refractivity contribution < 1.29 is 9.90 Å². The molecule has 4 heteroatoms. The largest absolute Gasteiger partial charge is 0.392 e. The molecule has 106 valence electrons. The predicted octanol–water partition coefficient (Wildman–Crippen LogP) is 2.13. The number of benzene rings is 1. The summed E-state index contributed by atoms with van der Waals surface area (Å²) in [5, 5.41) is 12.1. The van der Waals surface area contributed by atoms with Gasteiger partial charge in [0.15, 0.2) is 0 Å². The molecule has 1 unspecified atom stereocenters. The number of nitrogens with two attached hydrogens (primary N) is 1. The highest BCUT2D eigenvalue weighted by atomic mass is 16.3. The van der Waals surface area contributed by atoms with E-state index in [-0.39, 0.29) is 18.4 Å². The van der Waals surface area contributed by atoms with Gasteiger partial charge in [-0.15, -0.1) is 0 Å². The highest BCUT2D eigenvalue weighted by Crippen LogP contribution is 2.18. The number of carbonyl (C=O) groups is 1. The van der Waals surface area contributed by atoms with E-state index in [0.717, 1.165) is 12.0 Å². The molecular weight excluding hydrogens is 240 g/mol. The minimum Gasteiger partial charge on any atom is -0.392 e. The van der Waals surface area contributed by atoms with Crippen LogP contribution < -0.4 is 11.1 Å². The smallest absolute Gasteiger partial charge is 0.224 e. The van der Waals surface area contributed by atoms with Gasteiger partial charge in [0.05, 0.1) is 6.61 Å². The number of nitrogens with one attached hydrogen (secondary N) is 1. The zero-order valence-electron chi connectivity index (χ0n) is 11.7. The molecule has 0 heterocycles. The van der Waals surface area contributed by atoms with E-state index in [9.17, 15) is 9.90 Å². The Labute approximate surface area is 115 Å². The summed E-state index contributed by atoms with van der Waals surface area (Å²) in [5.74, 6) is 0.698. The first-order valence-corrected chi connectivity index (χ1v) is 6.75. The quantitative estimate of drug-likeness (QED) is 0.706. The van der Waals surface area contributed by atoms with Gasteiger partial charge >= 0.3 is 0 Å². The maximum atomic E-state index is 12.0. The van der Waals surface area contributed by atoms with Crippen molar-refractivity contribution in [3.63, 3.8) is 0 Å². The molecule has 0 saturated heterocycles. The van der Waals surface area contributed by atoms with Crippen LogP contribution in [0.5, 0.6) is 0 Å². The van der Waals surface area contributed by atoms with Gasteiger partial charge in [0, 0.05) is 17.7 Å². The number of para-hydroxylation sites is 1. The van der Waals surface area contributed by atoms with Crippen LogP contribution in [0.4, 0.5) is 5.69 Å². The average molecular weight is 264 g/mol. The second-order valence-corrected chi connectivity index (χ2v) is 5.30. The minimum atomic E-state index is -0.0806. The van der Waals surface area contributed by atoms with Crippen LogP contribution in [0.25, 0.3) is 0 Å². The summed E-state index contributed by atoms with van der Waals surface area (Å²) in [5.41, 5.74) is 7.10. The van der Waals surface area contributed by atoms with Crippen molar-refractivity contribution in [3.8, 4) is 0 Å². The number of amides is 1. The molecule has 0 aliphatic carbocycles. The molecule has 0 aromatic heterocycles. The van der Waals surface area contributed by atoms with Gasteiger partial charge in [0.1, 0.15) is 0 Å². The Kier molecular flexibility index (Phi) is 6.53. The summed E-state index contributed by atoms with van der Waals surface area (Å²) in [6.07, 6.45) is 1.38. The van der Waals surface area contributed by atoms with Crippen LogP contribution in [-0.2, 0) is 11.4 Å². The third kappa shape index (κ3) is 5.41. The Bertz CT molecular complexity index is 405. The van der Waals surface area contributed by atoms with Gasteiger partial charge in [-0.1, -0.05) is 32.0 Å². The van der Waals surface area contributed by atoms with Crippen molar-refractivity contribution in [2.24, 2.45) is 17.6 Å². The fraction of sp³-hybridized carbons (Fsp3) is 0.533. The molecule has 4 N–H and O–H groups in total. The summed E-state index contributed by atoms with van der Waals surface area (Å²) < 4.78 is 0. The molecule has 0 bridgehead atoms. The fourth-order valence-electron chi connectivity index (χ4n) is 2.17. The van der Waals surface area contributed by atoms with E-state index in [0.29, 0.717) is 24.6 Å². The highest BCUT2D eigenvalue weighted by molar-refractivity contribution is 5.91. The molecule has 4 nitrogen and oxygen atoms in total. The third-order valence-corrected chi connectivity index (χ3v) is 3.07. The summed E-state index contributed by atoms with van der Waals surface area (Å²) in [4.78, 5) is 12.0. The Hall–Kier alpha value is -1.39. The molecule has 0 radical (unpaired) electrons. The van der Waals surface area contributed by atoms with Gasteiger partial charge in [-0.2, -0.15) is 0 Å². The number of rotatable bonds is 7. The number of aliphatic hydroxyl groups is 1. The lowest BCUT2D eigenvalue weighted by Gasteiger charge is -2.17. The number of hydrogen-bond acceptors (Lipinski definition) is 3. The monoisotopic (exact) mass is 264 g/mol. The molecule has 0 spiro atoms. The Morgan fingerprint density at radius 1 is 1.37 bits per heavy atom. The van der Waals surface area contributed by atoms with E-state index in [2.05, 4.69) is 19.2 Å². The zero-order valence-corrected chi connectivity index (χ0v) is 11.7. The average Bonchev–Trinajstić information content (AvgIpc) is 2.38. The van der Waals surface area contributed by atoms with Crippen LogP contribution in [0.3, 0.4) is 0 Å². The van der Waals surface area contributed by atoms with E-state index in [1.165, 1.54) is 0 Å². The van der Waals surface area contributed by atoms with Crippen LogP contribution >= 0.6 is 0 Å². The molecule has 1 amide bonds. The molecule has 0 fully saturated rings. The van der Waals surface area contributed by atoms with Crippen molar-refractivity contribution in [1.82, 2.24) is 0 Å². The lowest BCUT2D eigenvalue weighted by Crippen LogP contribution is -2.23. The molecule has 0 aliphatic heterocycles. The maximum Gasteiger partial charge on any atom is 0.224 e. The second kappa shape index (κ2) is 7.92. The van der Waals surface area contributed by atoms with Gasteiger partial charge in [-0.05, 0) is 30.9 Å². The number of aliphatic hydroxyl groups excluding tert-OH is 1. The number of hydrogen-bond donors (Lipinski definition) is 3. The first-order chi connectivity index (χ1) is 9.06. The van der Waals surface area contributed by atoms with E-state index in [1.807, 2.05) is 12.1 Å². The Morgan fingerprint density at radius 3 is 2.63 bits per heavy atom. The second-order valence-electron chi connectivity index (χ2n) is 5.30. The zero-order chi connectivity index (χ0) is 14.3. The molecule has 1 rings (SSSR count). The molecule has 0 saturated carbocycles. The van der Waals surface area contributed by atoms with E-state index < -0.39 is 0 Å². The summed E-state index contributed by atoms with van der Waals surface area (Å²) in [6, 6.07) is 7.26. The van der Waals surface area contributed by atoms with E-state index >= 15 is 0 Å². The van der Waals surface area contributed by atoms with Gasteiger partial charge in [-0.3, -0.25) is 4.79 Å². The first-order valence-electron chi connectivity index (χ1n) is 6.75. The van der Waals surface area contributed by atoms with Crippen molar-refractivity contribution in [1.29, 1.82) is 0 Å². The van der Waals surface area contributed by atoms with Gasteiger partial charge in [0.2, 0.25) is 5.91 Å². The molecule has 1 aromatic carbocycles. The third-order valence-electron chi connectivity index (χ3n) is 3.07. The summed E-state index contributed by atoms with van der Waals surface area (Å²) in [7, 11) is 0. The minimum absolute atomic E-state index is 0.0444. The Morgan fingerprint density at radius 2 is 2.05 bits per heavy atom. The normalized spacial score (nSPS) is 12.5. The van der Waals surface area contributed by atoms with E-state index in [1.54, 1.807) is 12.1 Å². The van der Waals surface area contributed by atoms with Crippen LogP contribution in [0.2, 0.25) is 0 Å². The van der Waals surface area contributed by atoms with Gasteiger partial charge < -0.3 is 16.2 Å². The SMILES string of the molecule is CC(C)CC(CN)CC(=O)Nc1ccccc1CO. The lowest BCUT2D eigenvalue weighted by atomic mass is 9.94. The standard InChI is InChI=1S/C15H24N2O2/c1-11(2)7-12(9-16)8-15(19)17-14-6-4-3-5-13(14)10-18/h3-6,11-12,18H,7-10,16H2,1-2H3,(H,17,19). The summed E-state index contributed by atoms with van der Waals surface area (Å²) in [6.45, 7) is 4.69. The summed E-state index contributed by atoms with van der Waals surface area (Å²) >= 11 is 0. The number of anilines is 1. The molecule has 0 aliphatic rings. The molecule has 1 atom stereocenters. The topological polar surface area (TPSA) is 75.4 Å². The van der Waals surface area contributed by atoms with Crippen LogP contribution in [0.15, 0.2) is 24.3 Å². The van der Waals surface area contributed by atoms with Crippen molar-refractivity contribution in [3.05, 3.63) is 29.8 Å². The predicted molar refractivity (Wildman–Crippen MR) is 77.6 cm³/mol. The van der Waals surface area contributed by atoms with Gasteiger partial charge in [0.25, 0.3) is 0 Å². The molecule has 1 aromatic rings. The van der Waals surface area contributed by atoms with Crippen molar-refractivity contribution >= 4 is 11.6 Å².